The highest BCUT2D eigenvalue weighted by molar-refractivity contribution is 5.72. The molecule has 1 N–H and O–H groups in total. The maximum absolute atomic E-state index is 10.7. The molecule has 0 aromatic heterocycles. The molecule has 1 aromatic carbocycles. The van der Waals surface area contributed by atoms with Crippen LogP contribution in [0.5, 0.6) is 5.75 Å². The van der Waals surface area contributed by atoms with E-state index >= 15 is 0 Å². The van der Waals surface area contributed by atoms with Crippen LogP contribution in [0.25, 0.3) is 0 Å². The normalized spacial score (nSPS) is 9.31. The van der Waals surface area contributed by atoms with Crippen molar-refractivity contribution in [3.05, 3.63) is 29.3 Å². The summed E-state index contributed by atoms with van der Waals surface area (Å²) < 4.78 is 5.18. The van der Waals surface area contributed by atoms with Gasteiger partial charge in [0.1, 0.15) is 5.75 Å². The van der Waals surface area contributed by atoms with Gasteiger partial charge in [0.05, 0.1) is 18.7 Å². The van der Waals surface area contributed by atoms with Crippen molar-refractivity contribution in [3.8, 4) is 11.8 Å². The number of carbonyl (C=O) groups is 1. The highest BCUT2D eigenvalue weighted by atomic mass is 16.5. The first kappa shape index (κ1) is 12.1. The summed E-state index contributed by atoms with van der Waals surface area (Å²) in [6, 6.07) is 7.33. The highest BCUT2D eigenvalue weighted by Crippen LogP contribution is 2.19. The first-order valence-corrected chi connectivity index (χ1v) is 4.99. The molecule has 0 spiro atoms. The van der Waals surface area contributed by atoms with Gasteiger partial charge < -0.3 is 10.1 Å². The van der Waals surface area contributed by atoms with E-state index in [0.717, 1.165) is 11.3 Å². The minimum atomic E-state index is -0.0598. The second-order valence-corrected chi connectivity index (χ2v) is 3.37. The van der Waals surface area contributed by atoms with E-state index in [2.05, 4.69) is 11.4 Å². The lowest BCUT2D eigenvalue weighted by atomic mass is 10.1. The minimum absolute atomic E-state index is 0.0598. The van der Waals surface area contributed by atoms with Gasteiger partial charge in [0.15, 0.2) is 0 Å². The van der Waals surface area contributed by atoms with Gasteiger partial charge in [-0.2, -0.15) is 5.26 Å². The van der Waals surface area contributed by atoms with Crippen molar-refractivity contribution in [2.24, 2.45) is 0 Å². The third-order valence-electron chi connectivity index (χ3n) is 2.18. The summed E-state index contributed by atoms with van der Waals surface area (Å²) in [6.45, 7) is 2.02. The number of amides is 1. The molecule has 0 bridgehead atoms. The molecule has 0 aliphatic heterocycles. The Labute approximate surface area is 94.8 Å². The number of ether oxygens (including phenoxy) is 1. The molecule has 0 atom stereocenters. The summed E-state index contributed by atoms with van der Waals surface area (Å²) >= 11 is 0. The van der Waals surface area contributed by atoms with Crippen molar-refractivity contribution in [1.29, 1.82) is 5.26 Å². The molecule has 84 valence electrons. The summed E-state index contributed by atoms with van der Waals surface area (Å²) in [5.74, 6) is 0.680. The molecule has 16 heavy (non-hydrogen) atoms. The zero-order valence-corrected chi connectivity index (χ0v) is 9.41. The van der Waals surface area contributed by atoms with Crippen molar-refractivity contribution in [1.82, 2.24) is 5.32 Å². The maximum Gasteiger partial charge on any atom is 0.216 e. The third kappa shape index (κ3) is 3.28. The lowest BCUT2D eigenvalue weighted by Gasteiger charge is -2.08. The van der Waals surface area contributed by atoms with E-state index in [-0.39, 0.29) is 5.91 Å². The molecular weight excluding hydrogens is 204 g/mol. The lowest BCUT2D eigenvalue weighted by molar-refractivity contribution is -0.118. The third-order valence-corrected chi connectivity index (χ3v) is 2.18. The molecule has 0 aliphatic carbocycles. The molecular formula is C12H14N2O2. The molecule has 0 heterocycles. The second kappa shape index (κ2) is 5.76. The number of benzene rings is 1. The SMILES string of the molecule is COc1ccc(C#N)cc1CCNC(C)=O. The smallest absolute Gasteiger partial charge is 0.216 e. The standard InChI is InChI=1S/C12H14N2O2/c1-9(15)14-6-5-11-7-10(8-13)3-4-12(11)16-2/h3-4,7H,5-6H2,1-2H3,(H,14,15). The zero-order valence-electron chi connectivity index (χ0n) is 9.41. The predicted octanol–water partition coefficient (Wildman–Crippen LogP) is 1.25. The van der Waals surface area contributed by atoms with Crippen LogP contribution in [-0.2, 0) is 11.2 Å². The van der Waals surface area contributed by atoms with Crippen molar-refractivity contribution in [2.75, 3.05) is 13.7 Å². The lowest BCUT2D eigenvalue weighted by Crippen LogP contribution is -2.22. The first-order chi connectivity index (χ1) is 7.67. The van der Waals surface area contributed by atoms with Crippen LogP contribution in [0.1, 0.15) is 18.1 Å². The van der Waals surface area contributed by atoms with Gasteiger partial charge >= 0.3 is 0 Å². The van der Waals surface area contributed by atoms with Crippen LogP contribution in [0.15, 0.2) is 18.2 Å². The highest BCUT2D eigenvalue weighted by Gasteiger charge is 2.04. The van der Waals surface area contributed by atoms with Crippen molar-refractivity contribution in [2.45, 2.75) is 13.3 Å². The van der Waals surface area contributed by atoms with Gasteiger partial charge in [-0.1, -0.05) is 0 Å². The molecule has 0 unspecified atom stereocenters. The number of methoxy groups -OCH3 is 1. The fraction of sp³-hybridized carbons (Fsp3) is 0.333. The Hall–Kier alpha value is -2.02. The number of hydrogen-bond donors (Lipinski definition) is 1. The fourth-order valence-corrected chi connectivity index (χ4v) is 1.42. The Kier molecular flexibility index (Phi) is 4.34. The minimum Gasteiger partial charge on any atom is -0.496 e. The van der Waals surface area contributed by atoms with Crippen molar-refractivity contribution < 1.29 is 9.53 Å². The maximum atomic E-state index is 10.7. The number of rotatable bonds is 4. The van der Waals surface area contributed by atoms with E-state index < -0.39 is 0 Å². The van der Waals surface area contributed by atoms with Crippen LogP contribution in [0.2, 0.25) is 0 Å². The Balaban J connectivity index is 2.76. The number of nitriles is 1. The fourth-order valence-electron chi connectivity index (χ4n) is 1.42. The van der Waals surface area contributed by atoms with E-state index in [9.17, 15) is 4.79 Å². The van der Waals surface area contributed by atoms with Crippen LogP contribution in [0.4, 0.5) is 0 Å². The summed E-state index contributed by atoms with van der Waals surface area (Å²) in [7, 11) is 1.59. The van der Waals surface area contributed by atoms with Crippen LogP contribution in [0.3, 0.4) is 0 Å². The zero-order chi connectivity index (χ0) is 12.0. The Morgan fingerprint density at radius 2 is 2.31 bits per heavy atom. The Morgan fingerprint density at radius 1 is 1.56 bits per heavy atom. The number of nitrogens with zero attached hydrogens (tertiary/aromatic N) is 1. The molecule has 1 aromatic rings. The van der Waals surface area contributed by atoms with Gasteiger partial charge in [-0.05, 0) is 30.2 Å². The van der Waals surface area contributed by atoms with Gasteiger partial charge in [-0.15, -0.1) is 0 Å². The van der Waals surface area contributed by atoms with Crippen LogP contribution in [0, 0.1) is 11.3 Å². The monoisotopic (exact) mass is 218 g/mol. The summed E-state index contributed by atoms with van der Waals surface area (Å²) in [5.41, 5.74) is 1.52. The van der Waals surface area contributed by atoms with Gasteiger partial charge in [0.2, 0.25) is 5.91 Å². The van der Waals surface area contributed by atoms with Crippen LogP contribution < -0.4 is 10.1 Å². The Morgan fingerprint density at radius 3 is 2.88 bits per heavy atom. The molecule has 0 fully saturated rings. The van der Waals surface area contributed by atoms with Crippen molar-refractivity contribution >= 4 is 5.91 Å². The molecule has 1 amide bonds. The largest absolute Gasteiger partial charge is 0.496 e. The number of nitrogens with one attached hydrogen (secondary N) is 1. The van der Waals surface area contributed by atoms with Crippen LogP contribution >= 0.6 is 0 Å². The van der Waals surface area contributed by atoms with Gasteiger partial charge in [-0.3, -0.25) is 4.79 Å². The number of carbonyl (C=O) groups excluding carboxylic acids is 1. The van der Waals surface area contributed by atoms with E-state index in [0.29, 0.717) is 18.5 Å². The molecule has 4 heteroatoms. The molecule has 1 rings (SSSR count). The second-order valence-electron chi connectivity index (χ2n) is 3.37. The van der Waals surface area contributed by atoms with E-state index in [4.69, 9.17) is 10.00 Å². The quantitative estimate of drug-likeness (QED) is 0.827. The van der Waals surface area contributed by atoms with Crippen molar-refractivity contribution in [3.63, 3.8) is 0 Å². The van der Waals surface area contributed by atoms with E-state index in [1.165, 1.54) is 6.92 Å². The summed E-state index contributed by atoms with van der Waals surface area (Å²) in [6.07, 6.45) is 0.651. The molecule has 0 saturated carbocycles. The average molecular weight is 218 g/mol. The van der Waals surface area contributed by atoms with E-state index in [1.807, 2.05) is 0 Å². The molecule has 0 aliphatic rings. The van der Waals surface area contributed by atoms with Crippen LogP contribution in [-0.4, -0.2) is 19.6 Å². The first-order valence-electron chi connectivity index (χ1n) is 4.99. The van der Waals surface area contributed by atoms with Gasteiger partial charge in [-0.25, -0.2) is 0 Å². The summed E-state index contributed by atoms with van der Waals surface area (Å²) in [5, 5.41) is 11.5. The topological polar surface area (TPSA) is 62.1 Å². The average Bonchev–Trinajstić information content (AvgIpc) is 2.28. The molecule has 0 radical (unpaired) electrons. The van der Waals surface area contributed by atoms with E-state index in [1.54, 1.807) is 25.3 Å². The Bertz CT molecular complexity index is 422. The van der Waals surface area contributed by atoms with Gasteiger partial charge in [0, 0.05) is 13.5 Å². The molecule has 4 nitrogen and oxygen atoms in total. The number of hydrogen-bond acceptors (Lipinski definition) is 3. The molecule has 0 saturated heterocycles. The predicted molar refractivity (Wildman–Crippen MR) is 60.1 cm³/mol. The van der Waals surface area contributed by atoms with Gasteiger partial charge in [0.25, 0.3) is 0 Å². The summed E-state index contributed by atoms with van der Waals surface area (Å²) in [4.78, 5) is 10.7.